The van der Waals surface area contributed by atoms with Crippen molar-refractivity contribution < 1.29 is 13.9 Å². The number of pyridine rings is 1. The topological polar surface area (TPSA) is 48.3 Å². The Morgan fingerprint density at radius 1 is 1.17 bits per heavy atom. The zero-order valence-corrected chi connectivity index (χ0v) is 13.2. The van der Waals surface area contributed by atoms with Crippen molar-refractivity contribution in [3.05, 3.63) is 81.9 Å². The third-order valence-electron chi connectivity index (χ3n) is 3.73. The average molecular weight is 325 g/mol. The lowest BCUT2D eigenvalue weighted by atomic mass is 10.1. The van der Waals surface area contributed by atoms with E-state index in [0.29, 0.717) is 12.1 Å². The van der Waals surface area contributed by atoms with Crippen molar-refractivity contribution in [3.8, 4) is 0 Å². The van der Waals surface area contributed by atoms with Gasteiger partial charge in [-0.3, -0.25) is 4.79 Å². The van der Waals surface area contributed by atoms with E-state index in [1.165, 1.54) is 24.4 Å². The molecule has 0 fully saturated rings. The van der Waals surface area contributed by atoms with E-state index >= 15 is 0 Å². The van der Waals surface area contributed by atoms with E-state index in [1.807, 2.05) is 30.3 Å². The van der Waals surface area contributed by atoms with Gasteiger partial charge in [0.2, 0.25) is 5.43 Å². The van der Waals surface area contributed by atoms with E-state index in [-0.39, 0.29) is 17.6 Å². The summed E-state index contributed by atoms with van der Waals surface area (Å²) >= 11 is 0. The quantitative estimate of drug-likeness (QED) is 0.691. The minimum Gasteiger partial charge on any atom is -0.462 e. The fourth-order valence-electron chi connectivity index (χ4n) is 2.63. The first kappa shape index (κ1) is 15.9. The normalized spacial score (nSPS) is 10.8. The van der Waals surface area contributed by atoms with Crippen LogP contribution in [0.15, 0.2) is 59.5 Å². The Hall–Kier alpha value is -2.95. The Labute approximate surface area is 138 Å². The van der Waals surface area contributed by atoms with Gasteiger partial charge in [0.25, 0.3) is 0 Å². The Morgan fingerprint density at radius 2 is 1.92 bits per heavy atom. The Bertz CT molecular complexity index is 948. The van der Waals surface area contributed by atoms with Crippen LogP contribution in [-0.2, 0) is 11.3 Å². The lowest BCUT2D eigenvalue weighted by molar-refractivity contribution is 0.0524. The molecule has 3 aromatic rings. The lowest BCUT2D eigenvalue weighted by Crippen LogP contribution is -2.21. The van der Waals surface area contributed by atoms with Crippen LogP contribution >= 0.6 is 0 Å². The molecule has 4 nitrogen and oxygen atoms in total. The molecule has 1 aromatic heterocycles. The van der Waals surface area contributed by atoms with E-state index < -0.39 is 17.2 Å². The fourth-order valence-corrected chi connectivity index (χ4v) is 2.63. The highest BCUT2D eigenvalue weighted by Crippen LogP contribution is 2.16. The molecule has 0 spiro atoms. The van der Waals surface area contributed by atoms with Gasteiger partial charge in [0.05, 0.1) is 12.1 Å². The number of carbonyl (C=O) groups excluding carboxylic acids is 1. The predicted octanol–water partition coefficient (Wildman–Crippen LogP) is 3.37. The van der Waals surface area contributed by atoms with Gasteiger partial charge in [-0.1, -0.05) is 30.3 Å². The molecule has 0 aliphatic carbocycles. The van der Waals surface area contributed by atoms with Gasteiger partial charge in [0, 0.05) is 18.1 Å². The first-order valence-electron chi connectivity index (χ1n) is 7.64. The summed E-state index contributed by atoms with van der Waals surface area (Å²) in [5, 5.41) is 0.290. The lowest BCUT2D eigenvalue weighted by Gasteiger charge is -2.13. The number of halogens is 1. The molecule has 122 valence electrons. The summed E-state index contributed by atoms with van der Waals surface area (Å²) < 4.78 is 20.3. The molecule has 0 atom stereocenters. The summed E-state index contributed by atoms with van der Waals surface area (Å²) in [6.07, 6.45) is 1.44. The molecule has 0 bridgehead atoms. The van der Waals surface area contributed by atoms with E-state index in [0.717, 1.165) is 5.56 Å². The van der Waals surface area contributed by atoms with Crippen molar-refractivity contribution >= 4 is 16.9 Å². The fraction of sp³-hybridized carbons (Fsp3) is 0.158. The maximum Gasteiger partial charge on any atom is 0.343 e. The van der Waals surface area contributed by atoms with Crippen molar-refractivity contribution in [2.24, 2.45) is 0 Å². The number of esters is 1. The number of hydrogen-bond donors (Lipinski definition) is 0. The van der Waals surface area contributed by atoms with Crippen LogP contribution in [0.3, 0.4) is 0 Å². The van der Waals surface area contributed by atoms with Gasteiger partial charge in [-0.2, -0.15) is 0 Å². The molecule has 0 N–H and O–H groups in total. The summed E-state index contributed by atoms with van der Waals surface area (Å²) in [6, 6.07) is 13.5. The van der Waals surface area contributed by atoms with Crippen LogP contribution in [0.25, 0.3) is 10.9 Å². The molecule has 0 saturated heterocycles. The molecule has 0 amide bonds. The summed E-state index contributed by atoms with van der Waals surface area (Å²) in [5.74, 6) is -1.11. The summed E-state index contributed by atoms with van der Waals surface area (Å²) in [7, 11) is 0. The second-order valence-corrected chi connectivity index (χ2v) is 5.37. The Balaban J connectivity index is 2.21. The molecular formula is C19H16FNO3. The molecular weight excluding hydrogens is 309 g/mol. The third kappa shape index (κ3) is 3.06. The van der Waals surface area contributed by atoms with E-state index in [1.54, 1.807) is 11.5 Å². The van der Waals surface area contributed by atoms with Crippen molar-refractivity contribution in [1.29, 1.82) is 0 Å². The first-order chi connectivity index (χ1) is 11.6. The number of ether oxygens (including phenoxy) is 1. The minimum atomic E-state index is -0.671. The molecule has 24 heavy (non-hydrogen) atoms. The van der Waals surface area contributed by atoms with Crippen molar-refractivity contribution in [2.45, 2.75) is 13.5 Å². The number of carbonyl (C=O) groups is 1. The molecule has 2 aromatic carbocycles. The highest BCUT2D eigenvalue weighted by atomic mass is 19.1. The van der Waals surface area contributed by atoms with Crippen LogP contribution in [0.1, 0.15) is 22.8 Å². The largest absolute Gasteiger partial charge is 0.462 e. The van der Waals surface area contributed by atoms with E-state index in [2.05, 4.69) is 0 Å². The van der Waals surface area contributed by atoms with Crippen molar-refractivity contribution in [2.75, 3.05) is 6.61 Å². The van der Waals surface area contributed by atoms with Gasteiger partial charge < -0.3 is 9.30 Å². The number of hydrogen-bond acceptors (Lipinski definition) is 3. The molecule has 5 heteroatoms. The summed E-state index contributed by atoms with van der Waals surface area (Å²) in [4.78, 5) is 24.6. The van der Waals surface area contributed by atoms with Crippen molar-refractivity contribution in [3.63, 3.8) is 0 Å². The third-order valence-corrected chi connectivity index (χ3v) is 3.73. The zero-order valence-electron chi connectivity index (χ0n) is 13.2. The zero-order chi connectivity index (χ0) is 17.1. The second kappa shape index (κ2) is 6.66. The molecule has 0 saturated carbocycles. The highest BCUT2D eigenvalue weighted by molar-refractivity contribution is 5.93. The molecule has 0 aliphatic heterocycles. The predicted molar refractivity (Wildman–Crippen MR) is 89.7 cm³/mol. The Kier molecular flexibility index (Phi) is 4.42. The SMILES string of the molecule is CCOC(=O)c1cn(Cc2ccccc2)c2cc(F)ccc2c1=O. The van der Waals surface area contributed by atoms with Gasteiger partial charge in [0.1, 0.15) is 11.4 Å². The Morgan fingerprint density at radius 3 is 2.62 bits per heavy atom. The van der Waals surface area contributed by atoms with Crippen molar-refractivity contribution in [1.82, 2.24) is 4.57 Å². The molecule has 1 heterocycles. The van der Waals surface area contributed by atoms with E-state index in [9.17, 15) is 14.0 Å². The van der Waals surface area contributed by atoms with E-state index in [4.69, 9.17) is 4.74 Å². The van der Waals surface area contributed by atoms with Crippen LogP contribution in [0.2, 0.25) is 0 Å². The maximum atomic E-state index is 13.7. The molecule has 0 aliphatic rings. The smallest absolute Gasteiger partial charge is 0.343 e. The van der Waals surface area contributed by atoms with Crippen LogP contribution < -0.4 is 5.43 Å². The van der Waals surface area contributed by atoms with Gasteiger partial charge in [-0.15, -0.1) is 0 Å². The molecule has 0 unspecified atom stereocenters. The second-order valence-electron chi connectivity index (χ2n) is 5.37. The summed E-state index contributed by atoms with van der Waals surface area (Å²) in [5.41, 5.74) is 0.915. The van der Waals surface area contributed by atoms with Crippen LogP contribution in [0.4, 0.5) is 4.39 Å². The standard InChI is InChI=1S/C19H16FNO3/c1-2-24-19(23)16-12-21(11-13-6-4-3-5-7-13)17-10-14(20)8-9-15(17)18(16)22/h3-10,12H,2,11H2,1H3. The summed E-state index contributed by atoms with van der Waals surface area (Å²) in [6.45, 7) is 2.27. The maximum absolute atomic E-state index is 13.7. The number of aromatic nitrogens is 1. The van der Waals surface area contributed by atoms with Crippen LogP contribution in [0, 0.1) is 5.82 Å². The van der Waals surface area contributed by atoms with Gasteiger partial charge in [-0.25, -0.2) is 9.18 Å². The minimum absolute atomic E-state index is 0.0492. The molecule has 3 rings (SSSR count). The van der Waals surface area contributed by atoms with Gasteiger partial charge >= 0.3 is 5.97 Å². The van der Waals surface area contributed by atoms with Gasteiger partial charge in [0.15, 0.2) is 0 Å². The monoisotopic (exact) mass is 325 g/mol. The number of nitrogens with zero attached hydrogens (tertiary/aromatic N) is 1. The first-order valence-corrected chi connectivity index (χ1v) is 7.64. The number of rotatable bonds is 4. The highest BCUT2D eigenvalue weighted by Gasteiger charge is 2.17. The average Bonchev–Trinajstić information content (AvgIpc) is 2.58. The van der Waals surface area contributed by atoms with Gasteiger partial charge in [-0.05, 0) is 30.7 Å². The number of benzene rings is 2. The molecule has 0 radical (unpaired) electrons. The number of fused-ring (bicyclic) bond motifs is 1. The van der Waals surface area contributed by atoms with Crippen LogP contribution in [0.5, 0.6) is 0 Å². The van der Waals surface area contributed by atoms with Crippen LogP contribution in [-0.4, -0.2) is 17.1 Å².